The molecule has 20 atom stereocenters. The number of nitrogens with one attached hydrogen (secondary N) is 1. The van der Waals surface area contributed by atoms with Gasteiger partial charge in [0, 0.05) is 79.5 Å². The van der Waals surface area contributed by atoms with E-state index in [-0.39, 0.29) is 174 Å². The summed E-state index contributed by atoms with van der Waals surface area (Å²) >= 11 is 0.942. The summed E-state index contributed by atoms with van der Waals surface area (Å²) in [5.41, 5.74) is 0.115. The van der Waals surface area contributed by atoms with Crippen LogP contribution in [0.25, 0.3) is 0 Å². The maximum atomic E-state index is 11.4. The number of ether oxygens (including phenoxy) is 14. The second-order valence-electron chi connectivity index (χ2n) is 27.8. The van der Waals surface area contributed by atoms with E-state index in [1.165, 1.54) is 13.0 Å². The largest absolute Gasteiger partial charge is 0.461 e. The van der Waals surface area contributed by atoms with Gasteiger partial charge in [0.15, 0.2) is 12.2 Å². The number of aliphatic hydroxyl groups is 32. The van der Waals surface area contributed by atoms with Gasteiger partial charge in [0.05, 0.1) is 144 Å². The molecule has 0 aliphatic carbocycles. The summed E-state index contributed by atoms with van der Waals surface area (Å²) in [4.78, 5) is 129. The zero-order valence-corrected chi connectivity index (χ0v) is 81.7. The predicted molar refractivity (Wildman–Crippen MR) is 502 cm³/mol. The number of rotatable bonds is 70. The predicted octanol–water partition coefficient (Wildman–Crippen LogP) is -16.5. The van der Waals surface area contributed by atoms with Crippen LogP contribution in [-0.4, -0.2) is 566 Å². The molecule has 0 aromatic heterocycles. The molecule has 858 valence electrons. The lowest BCUT2D eigenvalue weighted by molar-refractivity contribution is -0.174. The fourth-order valence-electron chi connectivity index (χ4n) is 7.18. The Labute approximate surface area is 849 Å². The highest BCUT2D eigenvalue weighted by Gasteiger charge is 2.37. The van der Waals surface area contributed by atoms with E-state index in [0.717, 1.165) is 60.4 Å². The van der Waals surface area contributed by atoms with Crippen LogP contribution in [0.4, 0.5) is 0 Å². The van der Waals surface area contributed by atoms with Gasteiger partial charge < -0.3 is 235 Å². The lowest BCUT2D eigenvalue weighted by Crippen LogP contribution is -2.49. The zero-order chi connectivity index (χ0) is 116. The Morgan fingerprint density at radius 2 is 0.626 bits per heavy atom. The Hall–Kier alpha value is -9.85. The van der Waals surface area contributed by atoms with Crippen LogP contribution in [0.3, 0.4) is 0 Å². The molecule has 33 N–H and O–H groups in total. The summed E-state index contributed by atoms with van der Waals surface area (Å²) in [5, 5.41) is 286. The van der Waals surface area contributed by atoms with Crippen LogP contribution in [0.1, 0.15) is 13.3 Å². The monoisotopic (exact) mass is 2170 g/mol. The minimum atomic E-state index is -2.21. The van der Waals surface area contributed by atoms with Crippen LogP contribution in [0, 0.1) is 5.92 Å². The van der Waals surface area contributed by atoms with Gasteiger partial charge in [-0.05, 0) is 25.5 Å². The smallest absolute Gasteiger partial charge is 0.337 e. The van der Waals surface area contributed by atoms with Gasteiger partial charge in [-0.3, -0.25) is 9.59 Å². The Morgan fingerprint density at radius 3 is 0.980 bits per heavy atom. The molecule has 59 nitrogen and oxygen atoms in total. The lowest BCUT2D eigenvalue weighted by atomic mass is 10.0. The summed E-state index contributed by atoms with van der Waals surface area (Å²) in [6.07, 6.45) is -18.4. The van der Waals surface area contributed by atoms with Crippen molar-refractivity contribution < 1.29 is 287 Å². The highest BCUT2D eigenvalue weighted by molar-refractivity contribution is 8.14. The van der Waals surface area contributed by atoms with E-state index in [2.05, 4.69) is 109 Å². The van der Waals surface area contributed by atoms with E-state index < -0.39 is 247 Å². The molecule has 0 aromatic carbocycles. The summed E-state index contributed by atoms with van der Waals surface area (Å²) in [7, 11) is 0. The zero-order valence-electron chi connectivity index (χ0n) is 80.9. The molecule has 0 aliphatic heterocycles. The molecule has 147 heavy (non-hydrogen) atoms. The van der Waals surface area contributed by atoms with Crippen LogP contribution in [0.15, 0.2) is 126 Å². The molecule has 0 rings (SSSR count). The van der Waals surface area contributed by atoms with Crippen LogP contribution in [0.2, 0.25) is 0 Å². The Kier molecular flexibility index (Phi) is 115. The van der Waals surface area contributed by atoms with Crippen molar-refractivity contribution in [1.29, 1.82) is 0 Å². The molecular weight excluding hydrogens is 2020 g/mol. The number of thioether (sulfide) groups is 1. The van der Waals surface area contributed by atoms with Gasteiger partial charge in [-0.1, -0.05) is 77.6 Å². The lowest BCUT2D eigenvalue weighted by Gasteiger charge is -2.24. The average molecular weight is 2170 g/mol. The number of hydrogen-bond donors (Lipinski definition) is 33. The number of aliphatic hydroxyl groups excluding tert-OH is 32. The Morgan fingerprint density at radius 1 is 0.299 bits per heavy atom. The molecule has 0 heterocycles. The molecule has 0 fully saturated rings. The highest BCUT2D eigenvalue weighted by Crippen LogP contribution is 2.14. The summed E-state index contributed by atoms with van der Waals surface area (Å²) < 4.78 is 65.2. The summed E-state index contributed by atoms with van der Waals surface area (Å²) in [6.45, 7) is 24.1. The third-order valence-corrected chi connectivity index (χ3v) is 16.3. The summed E-state index contributed by atoms with van der Waals surface area (Å²) in [5.74, 6) is -8.53. The first-order chi connectivity index (χ1) is 69.3. The van der Waals surface area contributed by atoms with E-state index in [1.807, 2.05) is 0 Å². The van der Waals surface area contributed by atoms with E-state index in [0.29, 0.717) is 0 Å². The minimum Gasteiger partial charge on any atom is -0.461 e. The standard InChI is InChI=1S/C13H22O10.C11H18O9.4C9H16O6.C9H16O5.C6H11NO3.C6H10O4.C6H10O3S/c1-6(2)12(20)22-4-7(15)5-23-13(21)11(19)10(18)9(17)8(16)3-14;1-2-7(14)19-3-4-20-11(18)10(17)9(16)8(15)6(13)5-12;1-2-9(13)15-6-7(12)5-14-8(3-10)4-11;1-2-9(13)15-8(4-11)6-14-5-7(12)3-10;1-2-9(13)15-6-8(12)5-14-4-7(11)3-10;1-2-9(13)15-8(5-12)6-14-7(3-10)4-11;1-2-9(13)14-8(6-12)7(5-11)3-4-10;1-2-6(10)7-3-5(9)4-8;2*1-2-6(9)10-4-5(8)3-7/h7-11,14-19H,1,3-5H2,2H3;2,6,8-10,12-13,15-17H,1,3-5H2;4*2,7-8,10-12H,1,3-6H2;2,7-8,10-12H,1,3-6H2;2,5,8-9H,1,3-4H2,(H,7,10);2*2,5,7-8H,1,3-4H2. The van der Waals surface area contributed by atoms with Gasteiger partial charge in [-0.2, -0.15) is 0 Å². The molecule has 0 saturated heterocycles. The number of amides is 1. The van der Waals surface area contributed by atoms with Crippen molar-refractivity contribution in [3.8, 4) is 0 Å². The van der Waals surface area contributed by atoms with Crippen LogP contribution in [0.5, 0.6) is 0 Å². The summed E-state index contributed by atoms with van der Waals surface area (Å²) in [6, 6.07) is 0. The van der Waals surface area contributed by atoms with E-state index in [4.69, 9.17) is 146 Å². The van der Waals surface area contributed by atoms with Crippen molar-refractivity contribution in [2.24, 2.45) is 5.92 Å². The van der Waals surface area contributed by atoms with Gasteiger partial charge in [-0.25, -0.2) is 47.9 Å². The number of esters is 10. The second-order valence-corrected chi connectivity index (χ2v) is 28.8. The molecule has 0 spiro atoms. The first-order valence-electron chi connectivity index (χ1n) is 42.8. The maximum Gasteiger partial charge on any atom is 0.337 e. The number of carbonyl (C=O) groups excluding carboxylic acids is 12. The van der Waals surface area contributed by atoms with Gasteiger partial charge >= 0.3 is 59.7 Å². The Balaban J connectivity index is -0.000000179. The molecule has 20 unspecified atom stereocenters. The fraction of sp³-hybridized carbons (Fsp3) is 0.632. The van der Waals surface area contributed by atoms with Gasteiger partial charge in [-0.15, -0.1) is 0 Å². The fourth-order valence-corrected chi connectivity index (χ4v) is 7.76. The van der Waals surface area contributed by atoms with Crippen molar-refractivity contribution in [1.82, 2.24) is 5.32 Å². The molecule has 0 bridgehead atoms. The van der Waals surface area contributed by atoms with Gasteiger partial charge in [0.25, 0.3) is 0 Å². The van der Waals surface area contributed by atoms with Gasteiger partial charge in [0.2, 0.25) is 11.0 Å². The Bertz CT molecular complexity index is 3410. The molecule has 0 radical (unpaired) electrons. The normalized spacial score (nSPS) is 14.4. The molecule has 0 saturated carbocycles. The van der Waals surface area contributed by atoms with Crippen LogP contribution < -0.4 is 5.32 Å². The highest BCUT2D eigenvalue weighted by atomic mass is 32.2. The SMILES string of the molecule is C=C(C)C(=O)OCC(O)COC(=O)C(O)C(O)C(O)C(O)CO.C=CC(=O)NCC(O)CO.C=CC(=O)OC(CO)C(CO)CCO.C=CC(=O)OC(CO)COC(CO)CO.C=CC(=O)OC(CO)COCC(O)CO.C=CC(=O)OCC(O)CO.C=CC(=O)OCC(O)COC(CO)CO.C=CC(=O)OCC(O)COCC(O)CO.C=CC(=O)OCCOC(=O)C(O)C(O)C(O)C(O)CO.C=CC(=O)SCC(O)CO. The first-order valence-corrected chi connectivity index (χ1v) is 43.8. The average Bonchev–Trinajstić information content (AvgIpc) is 0.879. The van der Waals surface area contributed by atoms with Crippen LogP contribution >= 0.6 is 11.8 Å². The minimum absolute atomic E-state index is 0.0485. The topological polar surface area (TPSA) is 993 Å². The molecule has 60 heteroatoms. The third-order valence-electron chi connectivity index (χ3n) is 15.3. The van der Waals surface area contributed by atoms with Crippen LogP contribution in [-0.2, 0) is 124 Å². The van der Waals surface area contributed by atoms with Crippen molar-refractivity contribution in [3.63, 3.8) is 0 Å². The third kappa shape index (κ3) is 99.2. The van der Waals surface area contributed by atoms with Crippen molar-refractivity contribution >= 4 is 82.5 Å². The van der Waals surface area contributed by atoms with Gasteiger partial charge in [0.1, 0.15) is 150 Å². The molecule has 0 aromatic rings. The quantitative estimate of drug-likeness (QED) is 0.0116. The molecular formula is C87H151NO58S. The molecule has 1 amide bonds. The number of carbonyl (C=O) groups is 12. The van der Waals surface area contributed by atoms with Crippen molar-refractivity contribution in [2.45, 2.75) is 142 Å². The van der Waals surface area contributed by atoms with Crippen molar-refractivity contribution in [3.05, 3.63) is 126 Å². The van der Waals surface area contributed by atoms with E-state index >= 15 is 0 Å². The van der Waals surface area contributed by atoms with E-state index in [9.17, 15) is 103 Å². The second kappa shape index (κ2) is 107. The van der Waals surface area contributed by atoms with E-state index in [1.54, 1.807) is 0 Å². The molecule has 0 aliphatic rings. The van der Waals surface area contributed by atoms with Crippen molar-refractivity contribution in [2.75, 3.05) is 204 Å². The maximum absolute atomic E-state index is 11.4. The number of hydrogen-bond acceptors (Lipinski definition) is 59. The first kappa shape index (κ1) is 157.